The van der Waals surface area contributed by atoms with Gasteiger partial charge in [-0.15, -0.1) is 0 Å². The van der Waals surface area contributed by atoms with Crippen LogP contribution in [0.4, 0.5) is 0 Å². The SMILES string of the molecule is CCC(=[N+]=[N-])C1(O)CC[C@]2(C)[C@H]3CC[C@]4(C)[C@@H](O)CC[C@H]4[C@@H]3CC[C@]2(C)C1. The molecule has 0 bridgehead atoms. The molecule has 2 N–H and O–H groups in total. The van der Waals surface area contributed by atoms with E-state index in [4.69, 9.17) is 0 Å². The van der Waals surface area contributed by atoms with Crippen molar-refractivity contribution in [2.75, 3.05) is 0 Å². The lowest BCUT2D eigenvalue weighted by Crippen LogP contribution is -2.62. The zero-order valence-electron chi connectivity index (χ0n) is 17.7. The Bertz CT molecular complexity index is 673. The van der Waals surface area contributed by atoms with Crippen molar-refractivity contribution in [3.63, 3.8) is 0 Å². The Balaban J connectivity index is 1.65. The van der Waals surface area contributed by atoms with E-state index in [-0.39, 0.29) is 22.3 Å². The number of rotatable bonds is 2. The minimum atomic E-state index is -0.947. The first-order chi connectivity index (χ1) is 12.6. The maximum atomic E-state index is 11.3. The van der Waals surface area contributed by atoms with Gasteiger partial charge < -0.3 is 15.7 Å². The summed E-state index contributed by atoms with van der Waals surface area (Å²) in [5.41, 5.74) is 9.48. The summed E-state index contributed by atoms with van der Waals surface area (Å²) in [6, 6.07) is 0. The quantitative estimate of drug-likeness (QED) is 0.421. The molecule has 4 aliphatic carbocycles. The molecule has 4 fully saturated rings. The molecule has 0 saturated heterocycles. The second-order valence-electron chi connectivity index (χ2n) is 11.1. The molecule has 0 aliphatic heterocycles. The van der Waals surface area contributed by atoms with Crippen molar-refractivity contribution >= 4 is 5.71 Å². The number of hydrogen-bond donors (Lipinski definition) is 2. The predicted octanol–water partition coefficient (Wildman–Crippen LogP) is 4.59. The van der Waals surface area contributed by atoms with E-state index in [0.717, 1.165) is 38.0 Å². The fourth-order valence-electron chi connectivity index (χ4n) is 8.39. The van der Waals surface area contributed by atoms with Crippen LogP contribution in [0.15, 0.2) is 0 Å². The van der Waals surface area contributed by atoms with Crippen LogP contribution in [0.5, 0.6) is 0 Å². The summed E-state index contributed by atoms with van der Waals surface area (Å²) in [6.45, 7) is 9.18. The van der Waals surface area contributed by atoms with Crippen LogP contribution in [0.1, 0.15) is 91.9 Å². The Hall–Kier alpha value is -0.700. The summed E-state index contributed by atoms with van der Waals surface area (Å²) in [5.74, 6) is 2.08. The summed E-state index contributed by atoms with van der Waals surface area (Å²) in [4.78, 5) is 3.47. The molecule has 0 amide bonds. The zero-order chi connectivity index (χ0) is 19.7. The molecule has 4 nitrogen and oxygen atoms in total. The average molecular weight is 375 g/mol. The van der Waals surface area contributed by atoms with Gasteiger partial charge in [0, 0.05) is 6.42 Å². The predicted molar refractivity (Wildman–Crippen MR) is 106 cm³/mol. The maximum absolute atomic E-state index is 11.3. The van der Waals surface area contributed by atoms with E-state index < -0.39 is 5.60 Å². The fraction of sp³-hybridized carbons (Fsp3) is 0.957. The Morgan fingerprint density at radius 2 is 1.74 bits per heavy atom. The van der Waals surface area contributed by atoms with Gasteiger partial charge in [0.2, 0.25) is 0 Å². The van der Waals surface area contributed by atoms with Gasteiger partial charge in [-0.3, -0.25) is 0 Å². The van der Waals surface area contributed by atoms with Crippen LogP contribution in [0.2, 0.25) is 0 Å². The van der Waals surface area contributed by atoms with Gasteiger partial charge in [0.05, 0.1) is 6.10 Å². The molecule has 0 spiro atoms. The van der Waals surface area contributed by atoms with Gasteiger partial charge in [0.15, 0.2) is 5.60 Å². The highest BCUT2D eigenvalue weighted by Crippen LogP contribution is 2.70. The van der Waals surface area contributed by atoms with E-state index in [1.165, 1.54) is 19.3 Å². The van der Waals surface area contributed by atoms with Gasteiger partial charge in [-0.1, -0.05) is 27.7 Å². The highest BCUT2D eigenvalue weighted by Gasteiger charge is 2.65. The molecular weight excluding hydrogens is 336 g/mol. The van der Waals surface area contributed by atoms with Gasteiger partial charge >= 0.3 is 0 Å². The first kappa shape index (κ1) is 19.6. The standard InChI is InChI=1S/C23H38N2O2/c1-5-18(25-24)23(27)13-12-22(4)17-9-11-21(3)16(6-7-19(21)26)15(17)8-10-20(22,2)14-23/h15-17,19,26-27H,5-14H2,1-4H3/t15-,16-,17-,19-,20+,21-,22+,23?/m0/s1. The van der Waals surface area contributed by atoms with Crippen molar-refractivity contribution in [1.29, 1.82) is 0 Å². The molecule has 1 unspecified atom stereocenters. The second-order valence-corrected chi connectivity index (χ2v) is 11.1. The number of aliphatic hydroxyl groups is 2. The minimum Gasteiger partial charge on any atom is -0.393 e. The van der Waals surface area contributed by atoms with Crippen LogP contribution < -0.4 is 0 Å². The largest absolute Gasteiger partial charge is 0.393 e. The lowest BCUT2D eigenvalue weighted by molar-refractivity contribution is -0.188. The third-order valence-electron chi connectivity index (χ3n) is 10.3. The third-order valence-corrected chi connectivity index (χ3v) is 10.3. The zero-order valence-corrected chi connectivity index (χ0v) is 17.7. The van der Waals surface area contributed by atoms with Crippen molar-refractivity contribution in [3.05, 3.63) is 5.53 Å². The summed E-state index contributed by atoms with van der Waals surface area (Å²) >= 11 is 0. The van der Waals surface area contributed by atoms with Gasteiger partial charge in [-0.2, -0.15) is 4.79 Å². The van der Waals surface area contributed by atoms with E-state index in [1.807, 2.05) is 6.92 Å². The highest BCUT2D eigenvalue weighted by atomic mass is 16.3. The molecule has 0 aromatic rings. The van der Waals surface area contributed by atoms with Crippen LogP contribution in [0, 0.1) is 34.0 Å². The topological polar surface area (TPSA) is 76.9 Å². The van der Waals surface area contributed by atoms with E-state index in [0.29, 0.717) is 30.4 Å². The Labute approximate surface area is 164 Å². The molecule has 0 heterocycles. The van der Waals surface area contributed by atoms with E-state index in [9.17, 15) is 15.7 Å². The number of fused-ring (bicyclic) bond motifs is 5. The molecule has 0 aromatic carbocycles. The molecule has 0 aromatic heterocycles. The first-order valence-corrected chi connectivity index (χ1v) is 11.3. The van der Waals surface area contributed by atoms with Gasteiger partial charge in [0.25, 0.3) is 5.71 Å². The molecule has 27 heavy (non-hydrogen) atoms. The maximum Gasteiger partial charge on any atom is 0.299 e. The smallest absolute Gasteiger partial charge is 0.299 e. The second kappa shape index (κ2) is 6.15. The molecular formula is C23H38N2O2. The summed E-state index contributed by atoms with van der Waals surface area (Å²) in [5, 5.41) is 22.0. The lowest BCUT2D eigenvalue weighted by atomic mass is 9.39. The van der Waals surface area contributed by atoms with Crippen LogP contribution >= 0.6 is 0 Å². The van der Waals surface area contributed by atoms with Crippen molar-refractivity contribution < 1.29 is 15.0 Å². The van der Waals surface area contributed by atoms with Crippen molar-refractivity contribution in [2.45, 2.75) is 104 Å². The van der Waals surface area contributed by atoms with Crippen LogP contribution in [-0.4, -0.2) is 32.4 Å². The summed E-state index contributed by atoms with van der Waals surface area (Å²) < 4.78 is 0. The normalized spacial score (nSPS) is 54.4. The van der Waals surface area contributed by atoms with Crippen molar-refractivity contribution in [3.8, 4) is 0 Å². The number of aliphatic hydroxyl groups excluding tert-OH is 1. The van der Waals surface area contributed by atoms with Crippen LogP contribution in [0.25, 0.3) is 5.53 Å². The van der Waals surface area contributed by atoms with Gasteiger partial charge in [0.1, 0.15) is 0 Å². The fourth-order valence-corrected chi connectivity index (χ4v) is 8.39. The average Bonchev–Trinajstić information content (AvgIpc) is 2.92. The molecule has 4 aliphatic rings. The minimum absolute atomic E-state index is 0.0806. The number of hydrogen-bond acceptors (Lipinski definition) is 2. The van der Waals surface area contributed by atoms with E-state index in [2.05, 4.69) is 25.6 Å². The van der Waals surface area contributed by atoms with Gasteiger partial charge in [-0.05, 0) is 91.8 Å². The number of nitrogens with zero attached hydrogens (tertiary/aromatic N) is 2. The Kier molecular flexibility index (Phi) is 4.46. The van der Waals surface area contributed by atoms with E-state index >= 15 is 0 Å². The monoisotopic (exact) mass is 374 g/mol. The third kappa shape index (κ3) is 2.49. The molecule has 0 radical (unpaired) electrons. The molecule has 4 rings (SSSR count). The van der Waals surface area contributed by atoms with E-state index in [1.54, 1.807) is 0 Å². The molecule has 4 saturated carbocycles. The van der Waals surface area contributed by atoms with Crippen molar-refractivity contribution in [2.24, 2.45) is 34.0 Å². The summed E-state index contributed by atoms with van der Waals surface area (Å²) in [6.07, 6.45) is 9.80. The van der Waals surface area contributed by atoms with Crippen LogP contribution in [0.3, 0.4) is 0 Å². The first-order valence-electron chi connectivity index (χ1n) is 11.3. The Morgan fingerprint density at radius 3 is 2.41 bits per heavy atom. The molecule has 8 atom stereocenters. The Morgan fingerprint density at radius 1 is 1.00 bits per heavy atom. The van der Waals surface area contributed by atoms with Gasteiger partial charge in [-0.25, -0.2) is 0 Å². The molecule has 4 heteroatoms. The van der Waals surface area contributed by atoms with Crippen molar-refractivity contribution in [1.82, 2.24) is 0 Å². The van der Waals surface area contributed by atoms with Crippen LogP contribution in [-0.2, 0) is 0 Å². The summed E-state index contributed by atoms with van der Waals surface area (Å²) in [7, 11) is 0. The highest BCUT2D eigenvalue weighted by molar-refractivity contribution is 5.87. The lowest BCUT2D eigenvalue weighted by Gasteiger charge is -2.65. The molecule has 152 valence electrons.